The van der Waals surface area contributed by atoms with E-state index in [0.717, 1.165) is 67.5 Å². The molecule has 1 saturated carbocycles. The highest BCUT2D eigenvalue weighted by Crippen LogP contribution is 2.26. The number of pyridine rings is 1. The van der Waals surface area contributed by atoms with Gasteiger partial charge in [0.25, 0.3) is 0 Å². The van der Waals surface area contributed by atoms with Gasteiger partial charge in [-0.05, 0) is 75.4 Å². The highest BCUT2D eigenvalue weighted by atomic mass is 19.1. The number of nitrogens with one attached hydrogen (secondary N) is 2. The minimum Gasteiger partial charge on any atom is -0.400 e. The van der Waals surface area contributed by atoms with Crippen molar-refractivity contribution in [3.8, 4) is 16.8 Å². The second-order valence-corrected chi connectivity index (χ2v) is 9.94. The monoisotopic (exact) mass is 542 g/mol. The lowest BCUT2D eigenvalue weighted by atomic mass is 10.0. The molecule has 1 saturated heterocycles. The van der Waals surface area contributed by atoms with Gasteiger partial charge in [0.15, 0.2) is 0 Å². The van der Waals surface area contributed by atoms with E-state index in [1.54, 1.807) is 36.3 Å². The van der Waals surface area contributed by atoms with Gasteiger partial charge in [-0.3, -0.25) is 9.78 Å². The number of amides is 1. The average molecular weight is 543 g/mol. The minimum absolute atomic E-state index is 0.210. The number of aromatic nitrogens is 3. The smallest absolute Gasteiger partial charge is 0.207 e. The summed E-state index contributed by atoms with van der Waals surface area (Å²) in [5, 5.41) is 17.4. The Hall–Kier alpha value is -3.37. The SMILES string of the molecule is CCCN1CCC(Nc2cncc(-c3cnn(-c4cc(C)c(F)cc4C)c3)c2)C(F)C1.CO.O=CNC1CC1. The van der Waals surface area contributed by atoms with E-state index >= 15 is 0 Å². The lowest BCUT2D eigenvalue weighted by Gasteiger charge is -2.35. The number of aliphatic hydroxyl groups is 1. The van der Waals surface area contributed by atoms with Crippen LogP contribution in [0.2, 0.25) is 0 Å². The van der Waals surface area contributed by atoms with E-state index < -0.39 is 6.17 Å². The number of rotatable bonds is 8. The summed E-state index contributed by atoms with van der Waals surface area (Å²) in [6.45, 7) is 8.05. The second-order valence-electron chi connectivity index (χ2n) is 9.94. The van der Waals surface area contributed by atoms with Crippen LogP contribution >= 0.6 is 0 Å². The number of halogens is 2. The van der Waals surface area contributed by atoms with Crippen molar-refractivity contribution < 1.29 is 18.7 Å². The van der Waals surface area contributed by atoms with Gasteiger partial charge in [-0.1, -0.05) is 6.92 Å². The zero-order chi connectivity index (χ0) is 28.4. The summed E-state index contributed by atoms with van der Waals surface area (Å²) in [6.07, 6.45) is 11.2. The molecule has 3 N–H and O–H groups in total. The summed E-state index contributed by atoms with van der Waals surface area (Å²) in [6, 6.07) is 5.61. The van der Waals surface area contributed by atoms with E-state index in [2.05, 4.69) is 32.5 Å². The van der Waals surface area contributed by atoms with Crippen LogP contribution in [0.25, 0.3) is 16.8 Å². The van der Waals surface area contributed by atoms with Crippen LogP contribution < -0.4 is 10.6 Å². The summed E-state index contributed by atoms with van der Waals surface area (Å²) < 4.78 is 30.2. The summed E-state index contributed by atoms with van der Waals surface area (Å²) in [5.41, 5.74) is 4.83. The van der Waals surface area contributed by atoms with Crippen LogP contribution in [0.4, 0.5) is 14.5 Å². The molecule has 39 heavy (non-hydrogen) atoms. The van der Waals surface area contributed by atoms with E-state index in [0.29, 0.717) is 18.2 Å². The largest absolute Gasteiger partial charge is 0.400 e. The summed E-state index contributed by atoms with van der Waals surface area (Å²) in [7, 11) is 1.00. The van der Waals surface area contributed by atoms with Crippen molar-refractivity contribution in [1.82, 2.24) is 25.0 Å². The molecule has 2 atom stereocenters. The molecule has 1 aliphatic heterocycles. The quantitative estimate of drug-likeness (QED) is 0.365. The number of carbonyl (C=O) groups excluding carboxylic acids is 1. The van der Waals surface area contributed by atoms with Gasteiger partial charge in [-0.15, -0.1) is 0 Å². The molecule has 10 heteroatoms. The second kappa shape index (κ2) is 14.7. The zero-order valence-electron chi connectivity index (χ0n) is 23.2. The van der Waals surface area contributed by atoms with E-state index in [1.807, 2.05) is 19.2 Å². The highest BCUT2D eigenvalue weighted by molar-refractivity contribution is 5.66. The molecule has 3 aromatic rings. The van der Waals surface area contributed by atoms with E-state index in [1.165, 1.54) is 18.9 Å². The Morgan fingerprint density at radius 3 is 2.49 bits per heavy atom. The molecular weight excluding hydrogens is 502 g/mol. The highest BCUT2D eigenvalue weighted by Gasteiger charge is 2.28. The first-order valence-electron chi connectivity index (χ1n) is 13.4. The molecule has 0 spiro atoms. The molecule has 2 fully saturated rings. The number of nitrogens with zero attached hydrogens (tertiary/aromatic N) is 4. The van der Waals surface area contributed by atoms with Crippen LogP contribution in [0.3, 0.4) is 0 Å². The van der Waals surface area contributed by atoms with Crippen molar-refractivity contribution in [1.29, 1.82) is 0 Å². The Morgan fingerprint density at radius 2 is 1.85 bits per heavy atom. The average Bonchev–Trinajstić information content (AvgIpc) is 3.62. The Bertz CT molecular complexity index is 1200. The van der Waals surface area contributed by atoms with Gasteiger partial charge in [0.1, 0.15) is 12.0 Å². The maximum absolute atomic E-state index is 14.7. The van der Waals surface area contributed by atoms with Gasteiger partial charge in [0.2, 0.25) is 6.41 Å². The third kappa shape index (κ3) is 8.56. The molecule has 1 aliphatic carbocycles. The first kappa shape index (κ1) is 30.2. The molecule has 3 heterocycles. The molecule has 212 valence electrons. The standard InChI is InChI=1S/C24H29F2N5.C4H7NO.CH4O/c1-4-6-30-7-5-23(22(26)15-30)29-20-10-18(11-27-13-20)19-12-28-31(14-19)24-9-16(2)21(25)8-17(24)3;6-3-5-4-1-2-4;1-2/h8-14,22-23,29H,4-7,15H2,1-3H3;3-4H,1-2H2,(H,5,6);2H,1H3. The fourth-order valence-electron chi connectivity index (χ4n) is 4.50. The molecule has 0 radical (unpaired) electrons. The van der Waals surface area contributed by atoms with Crippen LogP contribution in [0, 0.1) is 19.7 Å². The number of likely N-dealkylation sites (tertiary alicyclic amines) is 1. The molecule has 0 bridgehead atoms. The number of carbonyl (C=O) groups is 1. The van der Waals surface area contributed by atoms with Crippen LogP contribution in [0.15, 0.2) is 43.0 Å². The lowest BCUT2D eigenvalue weighted by molar-refractivity contribution is -0.109. The molecule has 2 unspecified atom stereocenters. The number of anilines is 1. The fraction of sp³-hybridized carbons (Fsp3) is 0.483. The summed E-state index contributed by atoms with van der Waals surface area (Å²) >= 11 is 0. The minimum atomic E-state index is -0.906. The van der Waals surface area contributed by atoms with Crippen LogP contribution in [-0.2, 0) is 4.79 Å². The Balaban J connectivity index is 0.000000457. The van der Waals surface area contributed by atoms with E-state index in [4.69, 9.17) is 5.11 Å². The number of hydrogen-bond donors (Lipinski definition) is 3. The number of aryl methyl sites for hydroxylation is 2. The maximum atomic E-state index is 14.7. The first-order valence-corrected chi connectivity index (χ1v) is 13.4. The van der Waals surface area contributed by atoms with Crippen molar-refractivity contribution in [2.45, 2.75) is 64.7 Å². The molecule has 2 aliphatic rings. The molecular formula is C29H40F2N6O2. The Labute approximate surface area is 229 Å². The number of piperidine rings is 1. The van der Waals surface area contributed by atoms with Crippen LogP contribution in [0.1, 0.15) is 43.7 Å². The van der Waals surface area contributed by atoms with Crippen molar-refractivity contribution in [2.75, 3.05) is 32.1 Å². The van der Waals surface area contributed by atoms with Gasteiger partial charge in [0.05, 0.1) is 23.6 Å². The van der Waals surface area contributed by atoms with Crippen LogP contribution in [0.5, 0.6) is 0 Å². The third-order valence-electron chi connectivity index (χ3n) is 6.78. The predicted octanol–water partition coefficient (Wildman–Crippen LogP) is 4.43. The summed E-state index contributed by atoms with van der Waals surface area (Å²) in [4.78, 5) is 16.1. The van der Waals surface area contributed by atoms with Crippen molar-refractivity contribution in [3.05, 3.63) is 59.9 Å². The van der Waals surface area contributed by atoms with Gasteiger partial charge >= 0.3 is 0 Å². The third-order valence-corrected chi connectivity index (χ3v) is 6.78. The number of benzene rings is 1. The predicted molar refractivity (Wildman–Crippen MR) is 150 cm³/mol. The fourth-order valence-corrected chi connectivity index (χ4v) is 4.50. The van der Waals surface area contributed by atoms with Gasteiger partial charge in [-0.25, -0.2) is 13.5 Å². The van der Waals surface area contributed by atoms with Crippen molar-refractivity contribution in [2.24, 2.45) is 0 Å². The van der Waals surface area contributed by atoms with Crippen LogP contribution in [-0.4, -0.2) is 76.2 Å². The zero-order valence-corrected chi connectivity index (χ0v) is 23.2. The number of alkyl halides is 1. The maximum Gasteiger partial charge on any atom is 0.207 e. The Morgan fingerprint density at radius 1 is 1.08 bits per heavy atom. The number of hydrogen-bond acceptors (Lipinski definition) is 6. The lowest BCUT2D eigenvalue weighted by Crippen LogP contribution is -2.47. The molecule has 1 aromatic carbocycles. The molecule has 1 amide bonds. The topological polar surface area (TPSA) is 95.3 Å². The van der Waals surface area contributed by atoms with Gasteiger partial charge < -0.3 is 20.6 Å². The van der Waals surface area contributed by atoms with Crippen molar-refractivity contribution >= 4 is 12.1 Å². The van der Waals surface area contributed by atoms with E-state index in [9.17, 15) is 13.6 Å². The van der Waals surface area contributed by atoms with E-state index in [-0.39, 0.29) is 11.9 Å². The van der Waals surface area contributed by atoms with Gasteiger partial charge in [-0.2, -0.15) is 5.10 Å². The molecule has 8 nitrogen and oxygen atoms in total. The number of aliphatic hydroxyl groups excluding tert-OH is 1. The summed E-state index contributed by atoms with van der Waals surface area (Å²) in [5.74, 6) is -0.219. The normalized spacial score (nSPS) is 18.7. The first-order chi connectivity index (χ1) is 18.9. The molecule has 5 rings (SSSR count). The Kier molecular flexibility index (Phi) is 11.4. The van der Waals surface area contributed by atoms with Crippen molar-refractivity contribution in [3.63, 3.8) is 0 Å². The molecule has 2 aromatic heterocycles. The van der Waals surface area contributed by atoms with Gasteiger partial charge in [0, 0.05) is 56.0 Å².